The predicted molar refractivity (Wildman–Crippen MR) is 118 cm³/mol. The molecule has 1 fully saturated rings. The van der Waals surface area contributed by atoms with E-state index in [1.807, 2.05) is 0 Å². The summed E-state index contributed by atoms with van der Waals surface area (Å²) in [6.07, 6.45) is 2.85. The Morgan fingerprint density at radius 3 is 2.55 bits per heavy atom. The topological polar surface area (TPSA) is 84.3 Å². The monoisotopic (exact) mass is 462 g/mol. The molecule has 1 N–H and O–H groups in total. The first-order valence-corrected chi connectivity index (χ1v) is 12.3. The van der Waals surface area contributed by atoms with E-state index in [2.05, 4.69) is 10.4 Å². The third kappa shape index (κ3) is 4.86. The standard InChI is InChI=1S/C21H23FN4O3S2/c1-15-13-19(26(24-15)17-7-5-16(22)6-8-17)23-20(27)14-18-9-10-21(30-18)31(28,29)25-11-3-2-4-12-25/h5-10,13H,2-4,11-12,14H2,1H3,(H,23,27). The molecule has 31 heavy (non-hydrogen) atoms. The van der Waals surface area contributed by atoms with Crippen molar-refractivity contribution in [1.82, 2.24) is 14.1 Å². The molecule has 1 aliphatic rings. The molecule has 0 spiro atoms. The van der Waals surface area contributed by atoms with E-state index in [4.69, 9.17) is 0 Å². The minimum atomic E-state index is -3.50. The van der Waals surface area contributed by atoms with Crippen LogP contribution in [-0.2, 0) is 21.2 Å². The summed E-state index contributed by atoms with van der Waals surface area (Å²) < 4.78 is 42.2. The van der Waals surface area contributed by atoms with Gasteiger partial charge in [0.05, 0.1) is 17.8 Å². The molecule has 0 aliphatic carbocycles. The van der Waals surface area contributed by atoms with Crippen LogP contribution >= 0.6 is 11.3 Å². The number of aromatic nitrogens is 2. The Balaban J connectivity index is 1.46. The Labute approximate surface area is 184 Å². The summed E-state index contributed by atoms with van der Waals surface area (Å²) in [7, 11) is -3.50. The van der Waals surface area contributed by atoms with Gasteiger partial charge < -0.3 is 5.32 Å². The van der Waals surface area contributed by atoms with Gasteiger partial charge in [0.2, 0.25) is 5.91 Å². The second-order valence-corrected chi connectivity index (χ2v) is 10.8. The molecule has 2 aromatic heterocycles. The fraction of sp³-hybridized carbons (Fsp3) is 0.333. The van der Waals surface area contributed by atoms with E-state index in [0.717, 1.165) is 30.6 Å². The third-order valence-corrected chi connectivity index (χ3v) is 8.50. The Kier molecular flexibility index (Phi) is 6.22. The van der Waals surface area contributed by atoms with E-state index in [1.165, 1.54) is 21.1 Å². The molecule has 3 heterocycles. The fourth-order valence-electron chi connectivity index (χ4n) is 3.54. The average molecular weight is 463 g/mol. The third-order valence-electron chi connectivity index (χ3n) is 5.05. The van der Waals surface area contributed by atoms with Crippen molar-refractivity contribution in [3.8, 4) is 5.69 Å². The van der Waals surface area contributed by atoms with Gasteiger partial charge in [0.1, 0.15) is 15.8 Å². The highest BCUT2D eigenvalue weighted by Crippen LogP contribution is 2.27. The maximum Gasteiger partial charge on any atom is 0.252 e. The zero-order valence-electron chi connectivity index (χ0n) is 17.0. The van der Waals surface area contributed by atoms with Gasteiger partial charge in [-0.15, -0.1) is 11.3 Å². The molecular weight excluding hydrogens is 439 g/mol. The van der Waals surface area contributed by atoms with Gasteiger partial charge in [0.25, 0.3) is 10.0 Å². The highest BCUT2D eigenvalue weighted by Gasteiger charge is 2.27. The van der Waals surface area contributed by atoms with Crippen molar-refractivity contribution < 1.29 is 17.6 Å². The maximum absolute atomic E-state index is 13.2. The first kappa shape index (κ1) is 21.7. The normalized spacial score (nSPS) is 15.2. The van der Waals surface area contributed by atoms with E-state index in [9.17, 15) is 17.6 Å². The molecule has 3 aromatic rings. The average Bonchev–Trinajstić information content (AvgIpc) is 3.36. The molecule has 0 radical (unpaired) electrons. The molecule has 4 rings (SSSR count). The Hall–Kier alpha value is -2.56. The number of carbonyl (C=O) groups excluding carboxylic acids is 1. The van der Waals surface area contributed by atoms with Crippen LogP contribution in [-0.4, -0.2) is 41.5 Å². The largest absolute Gasteiger partial charge is 0.310 e. The van der Waals surface area contributed by atoms with Gasteiger partial charge in [0.15, 0.2) is 0 Å². The van der Waals surface area contributed by atoms with Crippen LogP contribution < -0.4 is 5.32 Å². The smallest absolute Gasteiger partial charge is 0.252 e. The number of nitrogens with one attached hydrogen (secondary N) is 1. The van der Waals surface area contributed by atoms with Crippen LogP contribution in [0, 0.1) is 12.7 Å². The zero-order valence-corrected chi connectivity index (χ0v) is 18.7. The van der Waals surface area contributed by atoms with Gasteiger partial charge in [-0.25, -0.2) is 17.5 Å². The number of anilines is 1. The molecular formula is C21H23FN4O3S2. The van der Waals surface area contributed by atoms with Crippen molar-refractivity contribution in [1.29, 1.82) is 0 Å². The predicted octanol–water partition coefficient (Wildman–Crippen LogP) is 3.74. The molecule has 0 saturated carbocycles. The van der Waals surface area contributed by atoms with Gasteiger partial charge in [-0.05, 0) is 56.2 Å². The minimum Gasteiger partial charge on any atom is -0.310 e. The lowest BCUT2D eigenvalue weighted by atomic mass is 10.2. The molecule has 0 unspecified atom stereocenters. The van der Waals surface area contributed by atoms with Crippen LogP contribution in [0.1, 0.15) is 29.8 Å². The van der Waals surface area contributed by atoms with Gasteiger partial charge in [0, 0.05) is 24.0 Å². The van der Waals surface area contributed by atoms with Crippen LogP contribution in [0.2, 0.25) is 0 Å². The molecule has 1 saturated heterocycles. The SMILES string of the molecule is Cc1cc(NC(=O)Cc2ccc(S(=O)(=O)N3CCCCC3)s2)n(-c2ccc(F)cc2)n1. The lowest BCUT2D eigenvalue weighted by Crippen LogP contribution is -2.35. The van der Waals surface area contributed by atoms with Crippen LogP contribution in [0.3, 0.4) is 0 Å². The van der Waals surface area contributed by atoms with E-state index < -0.39 is 10.0 Å². The summed E-state index contributed by atoms with van der Waals surface area (Å²) in [5.74, 6) is -0.176. The number of carbonyl (C=O) groups is 1. The number of thiophene rings is 1. The molecule has 0 bridgehead atoms. The number of piperidine rings is 1. The van der Waals surface area contributed by atoms with Crippen molar-refractivity contribution in [3.63, 3.8) is 0 Å². The Morgan fingerprint density at radius 2 is 1.84 bits per heavy atom. The molecule has 0 atom stereocenters. The quantitative estimate of drug-likeness (QED) is 0.605. The first-order valence-electron chi connectivity index (χ1n) is 10.0. The van der Waals surface area contributed by atoms with Crippen LogP contribution in [0.15, 0.2) is 46.7 Å². The summed E-state index contributed by atoms with van der Waals surface area (Å²) in [4.78, 5) is 13.3. The lowest BCUT2D eigenvalue weighted by molar-refractivity contribution is -0.115. The van der Waals surface area contributed by atoms with E-state index in [-0.39, 0.29) is 22.4 Å². The minimum absolute atomic E-state index is 0.0494. The summed E-state index contributed by atoms with van der Waals surface area (Å²) in [6, 6.07) is 10.8. The van der Waals surface area contributed by atoms with Gasteiger partial charge in [-0.2, -0.15) is 9.40 Å². The number of nitrogens with zero attached hydrogens (tertiary/aromatic N) is 3. The van der Waals surface area contributed by atoms with Crippen LogP contribution in [0.5, 0.6) is 0 Å². The van der Waals surface area contributed by atoms with Crippen LogP contribution in [0.25, 0.3) is 5.69 Å². The second kappa shape index (κ2) is 8.89. The number of halogens is 1. The van der Waals surface area contributed by atoms with E-state index >= 15 is 0 Å². The number of benzene rings is 1. The summed E-state index contributed by atoms with van der Waals surface area (Å²) in [5, 5.41) is 7.17. The van der Waals surface area contributed by atoms with E-state index in [1.54, 1.807) is 37.3 Å². The molecule has 10 heteroatoms. The van der Waals surface area contributed by atoms with Gasteiger partial charge in [-0.3, -0.25) is 4.79 Å². The Bertz CT molecular complexity index is 1180. The summed E-state index contributed by atoms with van der Waals surface area (Å²) in [5.41, 5.74) is 1.32. The van der Waals surface area contributed by atoms with Crippen molar-refractivity contribution in [2.24, 2.45) is 0 Å². The number of rotatable bonds is 6. The fourth-order valence-corrected chi connectivity index (χ4v) is 6.56. The van der Waals surface area contributed by atoms with Crippen molar-refractivity contribution >= 4 is 33.1 Å². The summed E-state index contributed by atoms with van der Waals surface area (Å²) in [6.45, 7) is 2.89. The number of amides is 1. The molecule has 1 amide bonds. The Morgan fingerprint density at radius 1 is 1.13 bits per heavy atom. The molecule has 1 aliphatic heterocycles. The number of sulfonamides is 1. The van der Waals surface area contributed by atoms with Gasteiger partial charge >= 0.3 is 0 Å². The number of aryl methyl sites for hydroxylation is 1. The maximum atomic E-state index is 13.2. The molecule has 7 nitrogen and oxygen atoms in total. The molecule has 164 valence electrons. The van der Waals surface area contributed by atoms with Gasteiger partial charge in [-0.1, -0.05) is 6.42 Å². The summed E-state index contributed by atoms with van der Waals surface area (Å²) >= 11 is 1.13. The number of hydrogen-bond donors (Lipinski definition) is 1. The van der Waals surface area contributed by atoms with E-state index in [0.29, 0.717) is 35.2 Å². The van der Waals surface area contributed by atoms with Crippen molar-refractivity contribution in [2.45, 2.75) is 36.8 Å². The number of hydrogen-bond acceptors (Lipinski definition) is 5. The molecule has 1 aromatic carbocycles. The lowest BCUT2D eigenvalue weighted by Gasteiger charge is -2.25. The first-order chi connectivity index (χ1) is 14.8. The highest BCUT2D eigenvalue weighted by atomic mass is 32.2. The highest BCUT2D eigenvalue weighted by molar-refractivity contribution is 7.91. The van der Waals surface area contributed by atoms with Crippen molar-refractivity contribution in [3.05, 3.63) is 58.9 Å². The van der Waals surface area contributed by atoms with Crippen LogP contribution in [0.4, 0.5) is 10.2 Å². The second-order valence-electron chi connectivity index (χ2n) is 7.47. The zero-order chi connectivity index (χ0) is 22.0. The van der Waals surface area contributed by atoms with Crippen molar-refractivity contribution in [2.75, 3.05) is 18.4 Å².